The van der Waals surface area contributed by atoms with Crippen LogP contribution in [0.15, 0.2) is 100 Å². The van der Waals surface area contributed by atoms with Crippen molar-refractivity contribution in [1.82, 2.24) is 4.98 Å². The molecule has 5 aromatic rings. The van der Waals surface area contributed by atoms with Crippen molar-refractivity contribution < 1.29 is 13.9 Å². The molecule has 5 rings (SSSR count). The van der Waals surface area contributed by atoms with Crippen molar-refractivity contribution in [2.24, 2.45) is 4.99 Å². The van der Waals surface area contributed by atoms with E-state index in [0.29, 0.717) is 27.8 Å². The van der Waals surface area contributed by atoms with Crippen molar-refractivity contribution in [3.8, 4) is 17.2 Å². The fourth-order valence-corrected chi connectivity index (χ4v) is 3.59. The van der Waals surface area contributed by atoms with E-state index in [0.717, 1.165) is 22.3 Å². The predicted molar refractivity (Wildman–Crippen MR) is 134 cm³/mol. The van der Waals surface area contributed by atoms with Gasteiger partial charge in [0.25, 0.3) is 0 Å². The van der Waals surface area contributed by atoms with E-state index in [1.54, 1.807) is 42.6 Å². The number of hydrogen-bond donors (Lipinski definition) is 0. The normalized spacial score (nSPS) is 11.2. The van der Waals surface area contributed by atoms with Crippen LogP contribution in [0.25, 0.3) is 22.6 Å². The summed E-state index contributed by atoms with van der Waals surface area (Å²) in [6.07, 6.45) is 1.74. The second kappa shape index (κ2) is 9.33. The van der Waals surface area contributed by atoms with Gasteiger partial charge >= 0.3 is 5.97 Å². The Labute approximate surface area is 201 Å². The molecule has 0 amide bonds. The van der Waals surface area contributed by atoms with Crippen LogP contribution in [0, 0.1) is 6.92 Å². The smallest absolute Gasteiger partial charge is 0.345 e. The molecule has 0 aliphatic rings. The Kier molecular flexibility index (Phi) is 5.93. The van der Waals surface area contributed by atoms with Gasteiger partial charge in [-0.25, -0.2) is 9.78 Å². The lowest BCUT2D eigenvalue weighted by molar-refractivity contribution is 0.0735. The lowest BCUT2D eigenvalue weighted by atomic mass is 10.1. The van der Waals surface area contributed by atoms with Gasteiger partial charge in [-0.15, -0.1) is 0 Å². The molecule has 0 fully saturated rings. The third kappa shape index (κ3) is 4.75. The Morgan fingerprint density at radius 3 is 2.50 bits per heavy atom. The van der Waals surface area contributed by atoms with Crippen LogP contribution >= 0.6 is 11.6 Å². The van der Waals surface area contributed by atoms with Crippen LogP contribution in [0.5, 0.6) is 5.75 Å². The van der Waals surface area contributed by atoms with Crippen LogP contribution in [0.1, 0.15) is 21.5 Å². The number of fused-ring (bicyclic) bond motifs is 1. The molecule has 4 aromatic carbocycles. The van der Waals surface area contributed by atoms with Gasteiger partial charge in [0.1, 0.15) is 11.3 Å². The van der Waals surface area contributed by atoms with Crippen molar-refractivity contribution in [3.05, 3.63) is 113 Å². The Morgan fingerprint density at radius 1 is 0.971 bits per heavy atom. The number of aryl methyl sites for hydroxylation is 1. The monoisotopic (exact) mass is 466 g/mol. The number of carbonyl (C=O) groups is 1. The summed E-state index contributed by atoms with van der Waals surface area (Å²) >= 11 is 6.06. The maximum absolute atomic E-state index is 12.3. The van der Waals surface area contributed by atoms with Crippen molar-refractivity contribution in [2.75, 3.05) is 0 Å². The van der Waals surface area contributed by atoms with E-state index in [1.807, 2.05) is 61.5 Å². The zero-order valence-electron chi connectivity index (χ0n) is 18.2. The van der Waals surface area contributed by atoms with E-state index >= 15 is 0 Å². The van der Waals surface area contributed by atoms with Gasteiger partial charge in [0.05, 0.1) is 16.3 Å². The van der Waals surface area contributed by atoms with Gasteiger partial charge in [-0.3, -0.25) is 4.99 Å². The fourth-order valence-electron chi connectivity index (χ4n) is 3.38. The molecule has 0 aliphatic heterocycles. The lowest BCUT2D eigenvalue weighted by Crippen LogP contribution is -2.08. The van der Waals surface area contributed by atoms with Gasteiger partial charge in [-0.2, -0.15) is 0 Å². The molecule has 0 spiro atoms. The summed E-state index contributed by atoms with van der Waals surface area (Å²) in [5.41, 5.74) is 5.50. The van der Waals surface area contributed by atoms with Gasteiger partial charge in [0.2, 0.25) is 5.89 Å². The van der Waals surface area contributed by atoms with Crippen molar-refractivity contribution >= 4 is 40.6 Å². The number of rotatable bonds is 5. The molecule has 0 N–H and O–H groups in total. The van der Waals surface area contributed by atoms with E-state index in [2.05, 4.69) is 9.98 Å². The number of aliphatic imine (C=N–C) groups is 1. The van der Waals surface area contributed by atoms with E-state index in [-0.39, 0.29) is 0 Å². The fraction of sp³-hybridized carbons (Fsp3) is 0.0357. The Morgan fingerprint density at radius 2 is 1.74 bits per heavy atom. The Balaban J connectivity index is 1.29. The van der Waals surface area contributed by atoms with Crippen molar-refractivity contribution in [2.45, 2.75) is 6.92 Å². The van der Waals surface area contributed by atoms with E-state index in [4.69, 9.17) is 20.8 Å². The highest BCUT2D eigenvalue weighted by atomic mass is 35.5. The van der Waals surface area contributed by atoms with Gasteiger partial charge < -0.3 is 9.15 Å². The molecule has 1 heterocycles. The first kappa shape index (κ1) is 21.6. The SMILES string of the molecule is Cc1ccc(-c2nc3cc(N=Cc4ccc(OC(=O)c5ccccc5Cl)cc4)ccc3o2)cc1. The molecule has 34 heavy (non-hydrogen) atoms. The minimum Gasteiger partial charge on any atom is -0.436 e. The predicted octanol–water partition coefficient (Wildman–Crippen LogP) is 7.43. The molecule has 1 aromatic heterocycles. The van der Waals surface area contributed by atoms with Gasteiger partial charge in [-0.1, -0.05) is 41.4 Å². The number of benzene rings is 4. The highest BCUT2D eigenvalue weighted by Crippen LogP contribution is 2.27. The zero-order chi connectivity index (χ0) is 23.5. The molecule has 0 bridgehead atoms. The first-order chi connectivity index (χ1) is 16.5. The van der Waals surface area contributed by atoms with Crippen molar-refractivity contribution in [1.29, 1.82) is 0 Å². The van der Waals surface area contributed by atoms with Crippen molar-refractivity contribution in [3.63, 3.8) is 0 Å². The third-order valence-corrected chi connectivity index (χ3v) is 5.55. The summed E-state index contributed by atoms with van der Waals surface area (Å²) < 4.78 is 11.3. The molecular weight excluding hydrogens is 448 g/mol. The average molecular weight is 467 g/mol. The largest absolute Gasteiger partial charge is 0.436 e. The second-order valence-corrected chi connectivity index (χ2v) is 8.14. The van der Waals surface area contributed by atoms with Gasteiger partial charge in [-0.05, 0) is 79.2 Å². The minimum absolute atomic E-state index is 0.323. The molecular formula is C28H19ClN2O3. The third-order valence-electron chi connectivity index (χ3n) is 5.22. The molecule has 5 nitrogen and oxygen atoms in total. The Hall–Kier alpha value is -4.22. The molecule has 0 unspecified atom stereocenters. The molecule has 0 aliphatic carbocycles. The summed E-state index contributed by atoms with van der Waals surface area (Å²) in [7, 11) is 0. The second-order valence-electron chi connectivity index (χ2n) is 7.73. The summed E-state index contributed by atoms with van der Waals surface area (Å²) in [6, 6.07) is 27.5. The van der Waals surface area contributed by atoms with Gasteiger partial charge in [0.15, 0.2) is 5.58 Å². The number of esters is 1. The number of nitrogens with zero attached hydrogens (tertiary/aromatic N) is 2. The van der Waals surface area contributed by atoms with Crippen LogP contribution in [-0.2, 0) is 0 Å². The molecule has 0 saturated carbocycles. The van der Waals surface area contributed by atoms with Gasteiger partial charge in [0, 0.05) is 11.8 Å². The zero-order valence-corrected chi connectivity index (χ0v) is 19.0. The Bertz CT molecular complexity index is 1500. The number of halogens is 1. The topological polar surface area (TPSA) is 64.7 Å². The average Bonchev–Trinajstić information content (AvgIpc) is 3.28. The lowest BCUT2D eigenvalue weighted by Gasteiger charge is -2.05. The molecule has 6 heteroatoms. The van der Waals surface area contributed by atoms with E-state index in [1.165, 1.54) is 5.56 Å². The molecule has 0 radical (unpaired) electrons. The molecule has 0 saturated heterocycles. The molecule has 0 atom stereocenters. The maximum atomic E-state index is 12.3. The van der Waals surface area contributed by atoms with Crippen LogP contribution < -0.4 is 4.74 Å². The summed E-state index contributed by atoms with van der Waals surface area (Å²) in [5, 5.41) is 0.353. The maximum Gasteiger partial charge on any atom is 0.345 e. The molecule has 166 valence electrons. The number of carbonyl (C=O) groups excluding carboxylic acids is 1. The highest BCUT2D eigenvalue weighted by Gasteiger charge is 2.12. The summed E-state index contributed by atoms with van der Waals surface area (Å²) in [6.45, 7) is 2.04. The minimum atomic E-state index is -0.502. The standard InChI is InChI=1S/C28H19ClN2O3/c1-18-6-10-20(11-7-18)27-31-25-16-21(12-15-26(25)34-27)30-17-19-8-13-22(14-9-19)33-28(32)23-4-2-3-5-24(23)29/h2-17H,1H3. The first-order valence-electron chi connectivity index (χ1n) is 10.6. The van der Waals surface area contributed by atoms with Crippen LogP contribution in [0.4, 0.5) is 5.69 Å². The van der Waals surface area contributed by atoms with Crippen LogP contribution in [0.3, 0.4) is 0 Å². The summed E-state index contributed by atoms with van der Waals surface area (Å²) in [5.74, 6) is 0.505. The number of oxazole rings is 1. The van der Waals surface area contributed by atoms with Crippen LogP contribution in [-0.4, -0.2) is 17.2 Å². The number of ether oxygens (including phenoxy) is 1. The first-order valence-corrected chi connectivity index (χ1v) is 11.0. The summed E-state index contributed by atoms with van der Waals surface area (Å²) in [4.78, 5) is 21.4. The number of aromatic nitrogens is 1. The quantitative estimate of drug-likeness (QED) is 0.153. The highest BCUT2D eigenvalue weighted by molar-refractivity contribution is 6.33. The number of hydrogen-bond acceptors (Lipinski definition) is 5. The van der Waals surface area contributed by atoms with E-state index < -0.39 is 5.97 Å². The van der Waals surface area contributed by atoms with Crippen LogP contribution in [0.2, 0.25) is 5.02 Å². The van der Waals surface area contributed by atoms with E-state index in [9.17, 15) is 4.79 Å².